The predicted molar refractivity (Wildman–Crippen MR) is 75.6 cm³/mol. The standard InChI is InChI=1S/C15H17NS/c1-2-4-14-9-15(6-5-13(14)3-1)17-11-12-7-8-16-10-12/h1-6,9,12,16H,7-8,10-11H2. The Balaban J connectivity index is 1.72. The highest BCUT2D eigenvalue weighted by atomic mass is 32.2. The number of nitrogens with one attached hydrogen (secondary N) is 1. The molecular formula is C15H17NS. The maximum absolute atomic E-state index is 3.42. The maximum atomic E-state index is 3.42. The quantitative estimate of drug-likeness (QED) is 0.828. The van der Waals surface area contributed by atoms with E-state index in [0.29, 0.717) is 0 Å². The van der Waals surface area contributed by atoms with E-state index < -0.39 is 0 Å². The Hall–Kier alpha value is -0.990. The van der Waals surface area contributed by atoms with Gasteiger partial charge >= 0.3 is 0 Å². The molecule has 1 aliphatic heterocycles. The van der Waals surface area contributed by atoms with Gasteiger partial charge in [-0.25, -0.2) is 0 Å². The zero-order valence-electron chi connectivity index (χ0n) is 9.86. The van der Waals surface area contributed by atoms with Crippen LogP contribution in [0.2, 0.25) is 0 Å². The molecule has 3 rings (SSSR count). The Morgan fingerprint density at radius 1 is 1.12 bits per heavy atom. The summed E-state index contributed by atoms with van der Waals surface area (Å²) in [4.78, 5) is 1.40. The first-order chi connectivity index (χ1) is 8.42. The summed E-state index contributed by atoms with van der Waals surface area (Å²) in [5.74, 6) is 2.09. The van der Waals surface area contributed by atoms with Crippen molar-refractivity contribution >= 4 is 22.5 Å². The summed E-state index contributed by atoms with van der Waals surface area (Å²) in [5, 5.41) is 6.11. The smallest absolute Gasteiger partial charge is 0.00784 e. The first-order valence-electron chi connectivity index (χ1n) is 6.24. The second kappa shape index (κ2) is 5.11. The second-order valence-corrected chi connectivity index (χ2v) is 5.77. The van der Waals surface area contributed by atoms with Crippen molar-refractivity contribution in [2.24, 2.45) is 5.92 Å². The third-order valence-electron chi connectivity index (χ3n) is 3.37. The van der Waals surface area contributed by atoms with Gasteiger partial charge in [-0.3, -0.25) is 0 Å². The Bertz CT molecular complexity index is 503. The second-order valence-electron chi connectivity index (χ2n) is 4.68. The molecule has 2 aromatic rings. The number of fused-ring (bicyclic) bond motifs is 1. The van der Waals surface area contributed by atoms with Crippen LogP contribution in [0.1, 0.15) is 6.42 Å². The van der Waals surface area contributed by atoms with E-state index >= 15 is 0 Å². The van der Waals surface area contributed by atoms with Gasteiger partial charge in [-0.15, -0.1) is 11.8 Å². The highest BCUT2D eigenvalue weighted by molar-refractivity contribution is 7.99. The van der Waals surface area contributed by atoms with Crippen LogP contribution in [0.15, 0.2) is 47.4 Å². The molecule has 1 atom stereocenters. The topological polar surface area (TPSA) is 12.0 Å². The molecule has 0 aromatic heterocycles. The average molecular weight is 243 g/mol. The van der Waals surface area contributed by atoms with Crippen LogP contribution in [0, 0.1) is 5.92 Å². The van der Waals surface area contributed by atoms with Gasteiger partial charge in [-0.2, -0.15) is 0 Å². The molecule has 1 saturated heterocycles. The number of hydrogen-bond donors (Lipinski definition) is 1. The molecule has 1 N–H and O–H groups in total. The molecule has 0 amide bonds. The molecule has 1 aliphatic rings. The maximum Gasteiger partial charge on any atom is 0.00784 e. The minimum absolute atomic E-state index is 0.853. The lowest BCUT2D eigenvalue weighted by molar-refractivity contribution is 0.663. The molecule has 0 saturated carbocycles. The Morgan fingerprint density at radius 2 is 2.00 bits per heavy atom. The van der Waals surface area contributed by atoms with Crippen molar-refractivity contribution in [3.8, 4) is 0 Å². The number of rotatable bonds is 3. The fraction of sp³-hybridized carbons (Fsp3) is 0.333. The van der Waals surface area contributed by atoms with Crippen molar-refractivity contribution in [3.63, 3.8) is 0 Å². The SMILES string of the molecule is c1ccc2cc(SCC3CCNC3)ccc2c1. The normalized spacial score (nSPS) is 19.9. The van der Waals surface area contributed by atoms with Crippen LogP contribution in [0.3, 0.4) is 0 Å². The molecule has 1 nitrogen and oxygen atoms in total. The lowest BCUT2D eigenvalue weighted by atomic mass is 10.1. The minimum atomic E-state index is 0.853. The van der Waals surface area contributed by atoms with Crippen molar-refractivity contribution in [2.75, 3.05) is 18.8 Å². The first kappa shape index (κ1) is 11.1. The van der Waals surface area contributed by atoms with E-state index in [1.807, 2.05) is 11.8 Å². The van der Waals surface area contributed by atoms with Crippen molar-refractivity contribution in [1.82, 2.24) is 5.32 Å². The van der Waals surface area contributed by atoms with Crippen LogP contribution in [-0.2, 0) is 0 Å². The lowest BCUT2D eigenvalue weighted by Gasteiger charge is -2.08. The van der Waals surface area contributed by atoms with Gasteiger partial charge in [0.05, 0.1) is 0 Å². The number of thioether (sulfide) groups is 1. The van der Waals surface area contributed by atoms with Crippen molar-refractivity contribution in [1.29, 1.82) is 0 Å². The summed E-state index contributed by atoms with van der Waals surface area (Å²) in [5.41, 5.74) is 0. The van der Waals surface area contributed by atoms with Crippen molar-refractivity contribution in [3.05, 3.63) is 42.5 Å². The molecule has 1 heterocycles. The van der Waals surface area contributed by atoms with Crippen LogP contribution >= 0.6 is 11.8 Å². The van der Waals surface area contributed by atoms with Crippen LogP contribution in [0.4, 0.5) is 0 Å². The molecule has 17 heavy (non-hydrogen) atoms. The van der Waals surface area contributed by atoms with E-state index in [9.17, 15) is 0 Å². The van der Waals surface area contributed by atoms with E-state index in [1.54, 1.807) is 0 Å². The van der Waals surface area contributed by atoms with Gasteiger partial charge in [0.2, 0.25) is 0 Å². The molecular weight excluding hydrogens is 226 g/mol. The largest absolute Gasteiger partial charge is 0.316 e. The molecule has 2 heteroatoms. The zero-order valence-corrected chi connectivity index (χ0v) is 10.7. The van der Waals surface area contributed by atoms with E-state index in [1.165, 1.54) is 40.9 Å². The van der Waals surface area contributed by atoms with Gasteiger partial charge in [0, 0.05) is 10.6 Å². The van der Waals surface area contributed by atoms with Crippen LogP contribution < -0.4 is 5.32 Å². The van der Waals surface area contributed by atoms with E-state index in [-0.39, 0.29) is 0 Å². The monoisotopic (exact) mass is 243 g/mol. The number of benzene rings is 2. The highest BCUT2D eigenvalue weighted by Gasteiger charge is 2.14. The molecule has 1 fully saturated rings. The van der Waals surface area contributed by atoms with E-state index in [0.717, 1.165) is 5.92 Å². The average Bonchev–Trinajstić information content (AvgIpc) is 2.89. The van der Waals surface area contributed by atoms with E-state index in [2.05, 4.69) is 47.8 Å². The summed E-state index contributed by atoms with van der Waals surface area (Å²) >= 11 is 1.99. The first-order valence-corrected chi connectivity index (χ1v) is 7.23. The summed E-state index contributed by atoms with van der Waals surface area (Å²) < 4.78 is 0. The molecule has 2 aromatic carbocycles. The molecule has 0 bridgehead atoms. The number of hydrogen-bond acceptors (Lipinski definition) is 2. The Morgan fingerprint density at radius 3 is 2.82 bits per heavy atom. The van der Waals surface area contributed by atoms with Gasteiger partial charge in [0.15, 0.2) is 0 Å². The van der Waals surface area contributed by atoms with Crippen LogP contribution in [0.5, 0.6) is 0 Å². The van der Waals surface area contributed by atoms with Gasteiger partial charge in [0.25, 0.3) is 0 Å². The van der Waals surface area contributed by atoms with Crippen LogP contribution in [-0.4, -0.2) is 18.8 Å². The minimum Gasteiger partial charge on any atom is -0.316 e. The van der Waals surface area contributed by atoms with Gasteiger partial charge in [0.1, 0.15) is 0 Å². The van der Waals surface area contributed by atoms with Gasteiger partial charge < -0.3 is 5.32 Å². The third-order valence-corrected chi connectivity index (χ3v) is 4.59. The van der Waals surface area contributed by atoms with Crippen molar-refractivity contribution < 1.29 is 0 Å². The summed E-state index contributed by atoms with van der Waals surface area (Å²) in [6.07, 6.45) is 1.33. The van der Waals surface area contributed by atoms with E-state index in [4.69, 9.17) is 0 Å². The zero-order chi connectivity index (χ0) is 11.5. The Kier molecular flexibility index (Phi) is 3.34. The third kappa shape index (κ3) is 2.64. The van der Waals surface area contributed by atoms with Gasteiger partial charge in [-0.1, -0.05) is 30.3 Å². The molecule has 1 unspecified atom stereocenters. The molecule has 0 spiro atoms. The summed E-state index contributed by atoms with van der Waals surface area (Å²) in [6.45, 7) is 2.39. The molecule has 0 aliphatic carbocycles. The summed E-state index contributed by atoms with van der Waals surface area (Å²) in [6, 6.07) is 15.3. The highest BCUT2D eigenvalue weighted by Crippen LogP contribution is 2.26. The molecule has 0 radical (unpaired) electrons. The fourth-order valence-corrected chi connectivity index (χ4v) is 3.42. The van der Waals surface area contributed by atoms with Crippen LogP contribution in [0.25, 0.3) is 10.8 Å². The molecule has 88 valence electrons. The lowest BCUT2D eigenvalue weighted by Crippen LogP contribution is -2.10. The van der Waals surface area contributed by atoms with Gasteiger partial charge in [-0.05, 0) is 48.3 Å². The Labute approximate surface area is 107 Å². The predicted octanol–water partition coefficient (Wildman–Crippen LogP) is 3.54. The van der Waals surface area contributed by atoms with Crippen molar-refractivity contribution in [2.45, 2.75) is 11.3 Å². The summed E-state index contributed by atoms with van der Waals surface area (Å²) in [7, 11) is 0. The fourth-order valence-electron chi connectivity index (χ4n) is 2.33.